The Morgan fingerprint density at radius 2 is 1.91 bits per heavy atom. The van der Waals surface area contributed by atoms with E-state index < -0.39 is 5.91 Å². The summed E-state index contributed by atoms with van der Waals surface area (Å²) in [7, 11) is 1.58. The summed E-state index contributed by atoms with van der Waals surface area (Å²) in [5.41, 5.74) is 6.80. The zero-order chi connectivity index (χ0) is 17.1. The molecule has 0 aliphatic carbocycles. The Morgan fingerprint density at radius 3 is 2.39 bits per heavy atom. The van der Waals surface area contributed by atoms with Gasteiger partial charge in [0.2, 0.25) is 0 Å². The van der Waals surface area contributed by atoms with Gasteiger partial charge in [-0.1, -0.05) is 13.8 Å². The van der Waals surface area contributed by atoms with Crippen molar-refractivity contribution >= 4 is 5.91 Å². The second kappa shape index (κ2) is 6.64. The largest absolute Gasteiger partial charge is 0.497 e. The van der Waals surface area contributed by atoms with E-state index in [1.165, 1.54) is 4.68 Å². The molecule has 2 rings (SSSR count). The Balaban J connectivity index is 2.70. The van der Waals surface area contributed by atoms with Crippen molar-refractivity contribution in [1.29, 1.82) is 0 Å². The number of primary amides is 1. The van der Waals surface area contributed by atoms with Crippen molar-refractivity contribution in [2.24, 2.45) is 11.7 Å². The summed E-state index contributed by atoms with van der Waals surface area (Å²) in [5, 5.41) is 4.38. The molecule has 1 amide bonds. The van der Waals surface area contributed by atoms with Gasteiger partial charge in [0.1, 0.15) is 11.4 Å². The van der Waals surface area contributed by atoms with Gasteiger partial charge in [-0.25, -0.2) is 4.68 Å². The van der Waals surface area contributed by atoms with Gasteiger partial charge in [0.05, 0.1) is 12.7 Å². The molecule has 0 atom stereocenters. The number of carbonyl (C=O) groups is 1. The van der Waals surface area contributed by atoms with Gasteiger partial charge in [-0.3, -0.25) is 9.59 Å². The number of hydrogen-bond acceptors (Lipinski definition) is 4. The zero-order valence-electron chi connectivity index (χ0n) is 13.8. The first-order valence-electron chi connectivity index (χ1n) is 7.41. The van der Waals surface area contributed by atoms with Crippen molar-refractivity contribution in [3.8, 4) is 17.0 Å². The summed E-state index contributed by atoms with van der Waals surface area (Å²) in [6.45, 7) is 6.08. The van der Waals surface area contributed by atoms with Crippen LogP contribution < -0.4 is 16.0 Å². The van der Waals surface area contributed by atoms with E-state index in [1.807, 2.05) is 13.8 Å². The fourth-order valence-corrected chi connectivity index (χ4v) is 2.42. The van der Waals surface area contributed by atoms with E-state index in [4.69, 9.17) is 10.5 Å². The summed E-state index contributed by atoms with van der Waals surface area (Å²) in [4.78, 5) is 24.2. The minimum absolute atomic E-state index is 0.167. The van der Waals surface area contributed by atoms with Gasteiger partial charge in [0, 0.05) is 17.7 Å². The molecule has 0 aliphatic heterocycles. The topological polar surface area (TPSA) is 87.2 Å². The number of amides is 1. The monoisotopic (exact) mass is 315 g/mol. The Morgan fingerprint density at radius 1 is 1.30 bits per heavy atom. The molecule has 0 bridgehead atoms. The van der Waals surface area contributed by atoms with E-state index >= 15 is 0 Å². The molecule has 0 unspecified atom stereocenters. The average molecular weight is 315 g/mol. The summed E-state index contributed by atoms with van der Waals surface area (Å²) >= 11 is 0. The number of ether oxygens (including phenoxy) is 1. The van der Waals surface area contributed by atoms with Crippen LogP contribution in [0.3, 0.4) is 0 Å². The number of aromatic nitrogens is 2. The molecule has 6 nitrogen and oxygen atoms in total. The summed E-state index contributed by atoms with van der Waals surface area (Å²) in [6.07, 6.45) is 0. The highest BCUT2D eigenvalue weighted by molar-refractivity contribution is 6.00. The van der Waals surface area contributed by atoms with Crippen LogP contribution in [0.15, 0.2) is 29.1 Å². The second-order valence-corrected chi connectivity index (χ2v) is 5.82. The van der Waals surface area contributed by atoms with Crippen LogP contribution in [0.1, 0.15) is 29.8 Å². The predicted molar refractivity (Wildman–Crippen MR) is 88.6 cm³/mol. The van der Waals surface area contributed by atoms with Crippen molar-refractivity contribution in [1.82, 2.24) is 9.78 Å². The summed E-state index contributed by atoms with van der Waals surface area (Å²) < 4.78 is 6.53. The molecule has 0 saturated heterocycles. The van der Waals surface area contributed by atoms with E-state index in [1.54, 1.807) is 38.3 Å². The highest BCUT2D eigenvalue weighted by Crippen LogP contribution is 2.24. The highest BCUT2D eigenvalue weighted by Gasteiger charge is 2.20. The van der Waals surface area contributed by atoms with E-state index in [9.17, 15) is 9.59 Å². The normalized spacial score (nSPS) is 10.8. The van der Waals surface area contributed by atoms with Crippen LogP contribution in [-0.2, 0) is 6.54 Å². The first kappa shape index (κ1) is 16.7. The lowest BCUT2D eigenvalue weighted by molar-refractivity contribution is 0.0999. The lowest BCUT2D eigenvalue weighted by Gasteiger charge is -2.14. The molecule has 6 heteroatoms. The molecule has 1 aromatic heterocycles. The van der Waals surface area contributed by atoms with Gasteiger partial charge in [0.25, 0.3) is 11.5 Å². The predicted octanol–water partition coefficient (Wildman–Crippen LogP) is 1.98. The van der Waals surface area contributed by atoms with Crippen molar-refractivity contribution in [2.45, 2.75) is 27.3 Å². The van der Waals surface area contributed by atoms with E-state index in [2.05, 4.69) is 5.10 Å². The molecule has 2 N–H and O–H groups in total. The number of nitrogens with zero attached hydrogens (tertiary/aromatic N) is 2. The van der Waals surface area contributed by atoms with Crippen molar-refractivity contribution < 1.29 is 9.53 Å². The van der Waals surface area contributed by atoms with E-state index in [0.717, 1.165) is 0 Å². The molecule has 1 heterocycles. The van der Waals surface area contributed by atoms with Gasteiger partial charge >= 0.3 is 0 Å². The van der Waals surface area contributed by atoms with Gasteiger partial charge in [-0.05, 0) is 37.1 Å². The van der Waals surface area contributed by atoms with Gasteiger partial charge < -0.3 is 10.5 Å². The van der Waals surface area contributed by atoms with Crippen LogP contribution in [0.2, 0.25) is 0 Å². The number of benzene rings is 1. The van der Waals surface area contributed by atoms with E-state index in [0.29, 0.717) is 29.1 Å². The third-order valence-electron chi connectivity index (χ3n) is 3.54. The van der Waals surface area contributed by atoms with Crippen molar-refractivity contribution in [2.75, 3.05) is 7.11 Å². The zero-order valence-corrected chi connectivity index (χ0v) is 13.8. The third kappa shape index (κ3) is 3.41. The summed E-state index contributed by atoms with van der Waals surface area (Å²) in [6, 6.07) is 7.12. The first-order valence-corrected chi connectivity index (χ1v) is 7.41. The summed E-state index contributed by atoms with van der Waals surface area (Å²) in [5.74, 6) is 0.291. The molecular weight excluding hydrogens is 294 g/mol. The van der Waals surface area contributed by atoms with Crippen LogP contribution >= 0.6 is 0 Å². The van der Waals surface area contributed by atoms with Gasteiger partial charge in [-0.2, -0.15) is 5.10 Å². The number of methoxy groups -OCH3 is 1. The first-order chi connectivity index (χ1) is 10.8. The molecule has 1 aromatic carbocycles. The minimum Gasteiger partial charge on any atom is -0.497 e. The maximum atomic E-state index is 12.4. The quantitative estimate of drug-likeness (QED) is 0.914. The molecule has 0 saturated carbocycles. The average Bonchev–Trinajstić information content (AvgIpc) is 2.51. The number of rotatable bonds is 5. The number of carbonyl (C=O) groups excluding carboxylic acids is 1. The highest BCUT2D eigenvalue weighted by atomic mass is 16.5. The van der Waals surface area contributed by atoms with Crippen LogP contribution in [0, 0.1) is 12.8 Å². The van der Waals surface area contributed by atoms with Crippen LogP contribution in [0.4, 0.5) is 0 Å². The van der Waals surface area contributed by atoms with Crippen molar-refractivity contribution in [3.63, 3.8) is 0 Å². The van der Waals surface area contributed by atoms with Crippen molar-refractivity contribution in [3.05, 3.63) is 45.7 Å². The standard InChI is InChI=1S/C17H21N3O3/c1-10(2)9-20-17(22)11(3)14(16(18)21)15(19-20)12-5-7-13(23-4)8-6-12/h5-8,10H,9H2,1-4H3,(H2,18,21). The number of hydrogen-bond donors (Lipinski definition) is 1. The molecule has 0 radical (unpaired) electrons. The molecule has 0 aliphatic rings. The molecule has 122 valence electrons. The minimum atomic E-state index is -0.658. The lowest BCUT2D eigenvalue weighted by atomic mass is 10.0. The second-order valence-electron chi connectivity index (χ2n) is 5.82. The van der Waals surface area contributed by atoms with Crippen LogP contribution in [-0.4, -0.2) is 22.8 Å². The lowest BCUT2D eigenvalue weighted by Crippen LogP contribution is -2.31. The SMILES string of the molecule is COc1ccc(-c2nn(CC(C)C)c(=O)c(C)c2C(N)=O)cc1. The molecule has 23 heavy (non-hydrogen) atoms. The fourth-order valence-electron chi connectivity index (χ4n) is 2.42. The van der Waals surface area contributed by atoms with Gasteiger partial charge in [0.15, 0.2) is 0 Å². The Labute approximate surface area is 134 Å². The Hall–Kier alpha value is -2.63. The van der Waals surface area contributed by atoms with E-state index in [-0.39, 0.29) is 17.0 Å². The fraction of sp³-hybridized carbons (Fsp3) is 0.353. The molecule has 0 fully saturated rings. The van der Waals surface area contributed by atoms with Gasteiger partial charge in [-0.15, -0.1) is 0 Å². The van der Waals surface area contributed by atoms with Crippen LogP contribution in [0.25, 0.3) is 11.3 Å². The molecule has 2 aromatic rings. The maximum Gasteiger partial charge on any atom is 0.270 e. The Bertz CT molecular complexity index is 777. The third-order valence-corrected chi connectivity index (χ3v) is 3.54. The Kier molecular flexibility index (Phi) is 4.83. The number of nitrogens with two attached hydrogens (primary N) is 1. The maximum absolute atomic E-state index is 12.4. The molecular formula is C17H21N3O3. The van der Waals surface area contributed by atoms with Crippen LogP contribution in [0.5, 0.6) is 5.75 Å². The smallest absolute Gasteiger partial charge is 0.270 e. The molecule has 0 spiro atoms.